The van der Waals surface area contributed by atoms with Gasteiger partial charge in [0.15, 0.2) is 0 Å². The molecule has 2 rings (SSSR count). The van der Waals surface area contributed by atoms with Crippen LogP contribution in [0.5, 0.6) is 0 Å². The molecule has 0 aromatic carbocycles. The van der Waals surface area contributed by atoms with Gasteiger partial charge in [0.1, 0.15) is 0 Å². The molecule has 1 aliphatic rings. The van der Waals surface area contributed by atoms with E-state index >= 15 is 0 Å². The molecule has 1 aliphatic carbocycles. The molecule has 2 unspecified atom stereocenters. The van der Waals surface area contributed by atoms with E-state index in [1.165, 1.54) is 19.0 Å². The number of amides is 1. The quantitative estimate of drug-likeness (QED) is 0.871. The van der Waals surface area contributed by atoms with Gasteiger partial charge in [-0.1, -0.05) is 27.5 Å². The normalized spacial score (nSPS) is 23.6. The Labute approximate surface area is 114 Å². The van der Waals surface area contributed by atoms with E-state index in [2.05, 4.69) is 26.2 Å². The third-order valence-electron chi connectivity index (χ3n) is 3.05. The average molecular weight is 318 g/mol. The molecule has 5 heteroatoms. The van der Waals surface area contributed by atoms with Crippen molar-refractivity contribution in [1.29, 1.82) is 0 Å². The summed E-state index contributed by atoms with van der Waals surface area (Å²) in [6.07, 6.45) is 6.55. The van der Waals surface area contributed by atoms with Crippen LogP contribution in [-0.4, -0.2) is 22.3 Å². The van der Waals surface area contributed by atoms with Crippen LogP contribution < -0.4 is 5.32 Å². The van der Waals surface area contributed by atoms with E-state index in [1.807, 2.05) is 0 Å². The highest BCUT2D eigenvalue weighted by molar-refractivity contribution is 9.09. The van der Waals surface area contributed by atoms with E-state index in [4.69, 9.17) is 11.6 Å². The molecule has 17 heavy (non-hydrogen) atoms. The minimum atomic E-state index is -0.115. The fourth-order valence-electron chi connectivity index (χ4n) is 2.09. The number of rotatable bonds is 3. The second-order valence-corrected chi connectivity index (χ2v) is 6.04. The molecular weight excluding hydrogens is 304 g/mol. The summed E-state index contributed by atoms with van der Waals surface area (Å²) in [5.41, 5.74) is 0.495. The molecule has 0 aliphatic heterocycles. The molecule has 1 N–H and O–H groups in total. The fourth-order valence-corrected chi connectivity index (χ4v) is 3.09. The van der Waals surface area contributed by atoms with E-state index < -0.39 is 0 Å². The van der Waals surface area contributed by atoms with Crippen LogP contribution in [0.4, 0.5) is 0 Å². The van der Waals surface area contributed by atoms with Crippen LogP contribution >= 0.6 is 27.5 Å². The average Bonchev–Trinajstić information content (AvgIpc) is 2.73. The van der Waals surface area contributed by atoms with Gasteiger partial charge in [-0.05, 0) is 31.2 Å². The highest BCUT2D eigenvalue weighted by Crippen LogP contribution is 2.30. The lowest BCUT2D eigenvalue weighted by atomic mass is 10.1. The number of carbonyl (C=O) groups excluding carboxylic acids is 1. The van der Waals surface area contributed by atoms with E-state index in [1.54, 1.807) is 12.3 Å². The molecule has 0 radical (unpaired) electrons. The van der Waals surface area contributed by atoms with E-state index in [0.29, 0.717) is 21.3 Å². The number of aromatic nitrogens is 1. The Morgan fingerprint density at radius 2 is 2.41 bits per heavy atom. The summed E-state index contributed by atoms with van der Waals surface area (Å²) >= 11 is 9.51. The van der Waals surface area contributed by atoms with Crippen molar-refractivity contribution >= 4 is 33.4 Å². The topological polar surface area (TPSA) is 42.0 Å². The lowest BCUT2D eigenvalue weighted by Gasteiger charge is -2.11. The molecule has 0 bridgehead atoms. The van der Waals surface area contributed by atoms with Gasteiger partial charge in [-0.15, -0.1) is 0 Å². The first-order valence-electron chi connectivity index (χ1n) is 5.68. The molecule has 1 fully saturated rings. The fraction of sp³-hybridized carbons (Fsp3) is 0.500. The first-order chi connectivity index (χ1) is 8.16. The maximum absolute atomic E-state index is 11.9. The summed E-state index contributed by atoms with van der Waals surface area (Å²) in [5.74, 6) is 0.458. The molecule has 1 aromatic rings. The molecule has 1 saturated carbocycles. The molecular formula is C12H14BrClN2O. The van der Waals surface area contributed by atoms with Gasteiger partial charge in [-0.3, -0.25) is 9.78 Å². The van der Waals surface area contributed by atoms with Crippen LogP contribution in [-0.2, 0) is 0 Å². The Bertz CT molecular complexity index is 413. The Hall–Kier alpha value is -0.610. The molecule has 0 spiro atoms. The summed E-state index contributed by atoms with van der Waals surface area (Å²) in [4.78, 5) is 16.3. The van der Waals surface area contributed by atoms with E-state index in [-0.39, 0.29) is 5.91 Å². The predicted molar refractivity (Wildman–Crippen MR) is 71.6 cm³/mol. The molecule has 92 valence electrons. The third kappa shape index (κ3) is 3.42. The van der Waals surface area contributed by atoms with Gasteiger partial charge >= 0.3 is 0 Å². The van der Waals surface area contributed by atoms with Crippen molar-refractivity contribution in [2.75, 3.05) is 6.54 Å². The number of carbonyl (C=O) groups is 1. The van der Waals surface area contributed by atoms with E-state index in [0.717, 1.165) is 13.0 Å². The number of nitrogens with zero attached hydrogens (tertiary/aromatic N) is 1. The van der Waals surface area contributed by atoms with Crippen molar-refractivity contribution in [2.24, 2.45) is 5.92 Å². The molecule has 0 saturated heterocycles. The molecule has 3 nitrogen and oxygen atoms in total. The predicted octanol–water partition coefficient (Wildman–Crippen LogP) is 3.03. The van der Waals surface area contributed by atoms with Crippen molar-refractivity contribution in [1.82, 2.24) is 10.3 Å². The summed E-state index contributed by atoms with van der Waals surface area (Å²) in [6, 6.07) is 1.64. The van der Waals surface area contributed by atoms with Crippen LogP contribution in [0.2, 0.25) is 5.02 Å². The van der Waals surface area contributed by atoms with E-state index in [9.17, 15) is 4.79 Å². The highest BCUT2D eigenvalue weighted by atomic mass is 79.9. The summed E-state index contributed by atoms with van der Waals surface area (Å²) in [5, 5.41) is 3.33. The van der Waals surface area contributed by atoms with Crippen molar-refractivity contribution in [2.45, 2.75) is 24.1 Å². The maximum atomic E-state index is 11.9. The Morgan fingerprint density at radius 1 is 1.59 bits per heavy atom. The number of alkyl halides is 1. The molecule has 1 heterocycles. The maximum Gasteiger partial charge on any atom is 0.252 e. The number of hydrogen-bond acceptors (Lipinski definition) is 2. The van der Waals surface area contributed by atoms with Gasteiger partial charge in [0.2, 0.25) is 0 Å². The van der Waals surface area contributed by atoms with Crippen LogP contribution in [0.3, 0.4) is 0 Å². The van der Waals surface area contributed by atoms with Crippen molar-refractivity contribution in [3.8, 4) is 0 Å². The minimum Gasteiger partial charge on any atom is -0.352 e. The van der Waals surface area contributed by atoms with Gasteiger partial charge in [-0.2, -0.15) is 0 Å². The lowest BCUT2D eigenvalue weighted by Crippen LogP contribution is -2.28. The minimum absolute atomic E-state index is 0.115. The second-order valence-electron chi connectivity index (χ2n) is 4.34. The van der Waals surface area contributed by atoms with Gasteiger partial charge in [0, 0.05) is 23.8 Å². The first-order valence-corrected chi connectivity index (χ1v) is 6.98. The van der Waals surface area contributed by atoms with Crippen LogP contribution in [0.15, 0.2) is 18.5 Å². The molecule has 1 amide bonds. The number of nitrogens with one attached hydrogen (secondary N) is 1. The summed E-state index contributed by atoms with van der Waals surface area (Å²) in [7, 11) is 0. The smallest absolute Gasteiger partial charge is 0.252 e. The van der Waals surface area contributed by atoms with Crippen molar-refractivity contribution in [3.63, 3.8) is 0 Å². The van der Waals surface area contributed by atoms with Gasteiger partial charge in [0.05, 0.1) is 10.6 Å². The largest absolute Gasteiger partial charge is 0.352 e. The van der Waals surface area contributed by atoms with Crippen molar-refractivity contribution < 1.29 is 4.79 Å². The van der Waals surface area contributed by atoms with Crippen LogP contribution in [0.25, 0.3) is 0 Å². The third-order valence-corrected chi connectivity index (χ3v) is 4.18. The van der Waals surface area contributed by atoms with Crippen molar-refractivity contribution in [3.05, 3.63) is 29.0 Å². The summed E-state index contributed by atoms with van der Waals surface area (Å²) in [6.45, 7) is 0.722. The zero-order valence-corrected chi connectivity index (χ0v) is 11.7. The summed E-state index contributed by atoms with van der Waals surface area (Å²) < 4.78 is 0. The second kappa shape index (κ2) is 5.83. The Morgan fingerprint density at radius 3 is 3.06 bits per heavy atom. The van der Waals surface area contributed by atoms with Gasteiger partial charge < -0.3 is 5.32 Å². The zero-order chi connectivity index (χ0) is 12.3. The first kappa shape index (κ1) is 12.8. The highest BCUT2D eigenvalue weighted by Gasteiger charge is 2.23. The van der Waals surface area contributed by atoms with Crippen LogP contribution in [0.1, 0.15) is 29.6 Å². The number of hydrogen-bond donors (Lipinski definition) is 1. The number of pyridine rings is 1. The Kier molecular flexibility index (Phi) is 4.40. The Balaban J connectivity index is 1.88. The molecule has 2 atom stereocenters. The van der Waals surface area contributed by atoms with Crippen LogP contribution in [0, 0.1) is 5.92 Å². The standard InChI is InChI=1S/C12H14BrClN2O/c13-9-2-1-8(5-9)6-16-12(17)10-3-4-15-7-11(10)14/h3-4,7-9H,1-2,5-6H2,(H,16,17). The number of halogens is 2. The SMILES string of the molecule is O=C(NCC1CCC(Br)C1)c1ccncc1Cl. The van der Waals surface area contributed by atoms with Gasteiger partial charge in [-0.25, -0.2) is 0 Å². The monoisotopic (exact) mass is 316 g/mol. The van der Waals surface area contributed by atoms with Gasteiger partial charge in [0.25, 0.3) is 5.91 Å². The zero-order valence-electron chi connectivity index (χ0n) is 9.33. The molecule has 1 aromatic heterocycles. The lowest BCUT2D eigenvalue weighted by molar-refractivity contribution is 0.0947.